The van der Waals surface area contributed by atoms with Gasteiger partial charge in [0.1, 0.15) is 6.04 Å². The maximum atomic E-state index is 12.6. The van der Waals surface area contributed by atoms with E-state index in [1.54, 1.807) is 0 Å². The zero-order valence-corrected chi connectivity index (χ0v) is 14.7. The molecule has 3 amide bonds. The third kappa shape index (κ3) is 4.40. The predicted molar refractivity (Wildman–Crippen MR) is 86.7 cm³/mol. The van der Waals surface area contributed by atoms with E-state index in [4.69, 9.17) is 4.55 Å². The second-order valence-corrected chi connectivity index (χ2v) is 7.75. The standard InChI is InChI=1S/C14H24N4O6S/c19-13(16-10-3-1-7-15-8-2-4-10)12-6-5-11-9-17(12)14(20)18(11)24-25(21,22)23/h10-12,15H,1-9H2,(H,16,19)(H,21,22,23)/t11?,12-/m0/s1. The van der Waals surface area contributed by atoms with Crippen LogP contribution in [0.15, 0.2) is 0 Å². The van der Waals surface area contributed by atoms with Crippen LogP contribution in [0, 0.1) is 0 Å². The predicted octanol–water partition coefficient (Wildman–Crippen LogP) is -0.362. The first-order valence-electron chi connectivity index (χ1n) is 8.63. The van der Waals surface area contributed by atoms with E-state index in [0.717, 1.165) is 38.8 Å². The van der Waals surface area contributed by atoms with Crippen molar-refractivity contribution >= 4 is 22.3 Å². The lowest BCUT2D eigenvalue weighted by atomic mass is 9.98. The molecule has 10 nitrogen and oxygen atoms in total. The monoisotopic (exact) mass is 376 g/mol. The zero-order valence-electron chi connectivity index (χ0n) is 13.9. The van der Waals surface area contributed by atoms with E-state index >= 15 is 0 Å². The molecule has 3 aliphatic heterocycles. The van der Waals surface area contributed by atoms with E-state index in [1.165, 1.54) is 4.90 Å². The van der Waals surface area contributed by atoms with Crippen LogP contribution >= 0.6 is 0 Å². The molecule has 3 aliphatic rings. The smallest absolute Gasteiger partial charge is 0.352 e. The normalized spacial score (nSPS) is 28.6. The molecular weight excluding hydrogens is 352 g/mol. The Balaban J connectivity index is 1.62. The van der Waals surface area contributed by atoms with Gasteiger partial charge in [0.15, 0.2) is 0 Å². The first kappa shape index (κ1) is 18.4. The first-order valence-corrected chi connectivity index (χ1v) is 9.99. The van der Waals surface area contributed by atoms with Crippen molar-refractivity contribution in [2.24, 2.45) is 0 Å². The minimum atomic E-state index is -4.78. The van der Waals surface area contributed by atoms with E-state index < -0.39 is 28.5 Å². The van der Waals surface area contributed by atoms with Gasteiger partial charge in [-0.25, -0.2) is 4.79 Å². The molecule has 0 aromatic carbocycles. The summed E-state index contributed by atoms with van der Waals surface area (Å²) in [4.78, 5) is 26.3. The molecule has 3 heterocycles. The van der Waals surface area contributed by atoms with Crippen molar-refractivity contribution in [3.63, 3.8) is 0 Å². The zero-order chi connectivity index (χ0) is 18.0. The Bertz CT molecular complexity index is 619. The average Bonchev–Trinajstić information content (AvgIpc) is 2.73. The quantitative estimate of drug-likeness (QED) is 0.572. The van der Waals surface area contributed by atoms with Gasteiger partial charge in [0.25, 0.3) is 0 Å². The van der Waals surface area contributed by atoms with Gasteiger partial charge in [-0.15, -0.1) is 4.28 Å². The number of amides is 3. The van der Waals surface area contributed by atoms with E-state index in [-0.39, 0.29) is 18.5 Å². The second kappa shape index (κ2) is 7.44. The Kier molecular flexibility index (Phi) is 5.46. The number of hydrogen-bond acceptors (Lipinski definition) is 6. The largest absolute Gasteiger partial charge is 0.418 e. The minimum absolute atomic E-state index is 0.0928. The Labute approximate surface area is 146 Å². The molecule has 3 N–H and O–H groups in total. The molecule has 0 saturated carbocycles. The molecule has 3 fully saturated rings. The van der Waals surface area contributed by atoms with Gasteiger partial charge in [-0.1, -0.05) is 0 Å². The lowest BCUT2D eigenvalue weighted by Crippen LogP contribution is -2.52. The summed E-state index contributed by atoms with van der Waals surface area (Å²) in [5.41, 5.74) is 0. The fourth-order valence-electron chi connectivity index (χ4n) is 3.76. The van der Waals surface area contributed by atoms with Crippen LogP contribution in [0.4, 0.5) is 4.79 Å². The fraction of sp³-hybridized carbons (Fsp3) is 0.857. The highest BCUT2D eigenvalue weighted by molar-refractivity contribution is 7.80. The third-order valence-electron chi connectivity index (χ3n) is 4.96. The highest BCUT2D eigenvalue weighted by Gasteiger charge is 2.49. The van der Waals surface area contributed by atoms with Crippen LogP contribution < -0.4 is 10.6 Å². The van der Waals surface area contributed by atoms with Crippen LogP contribution in [0.5, 0.6) is 0 Å². The van der Waals surface area contributed by atoms with Gasteiger partial charge in [-0.3, -0.25) is 9.35 Å². The lowest BCUT2D eigenvalue weighted by molar-refractivity contribution is -0.126. The number of fused-ring (bicyclic) bond motifs is 2. The summed E-state index contributed by atoms with van der Waals surface area (Å²) in [7, 11) is -4.78. The molecule has 0 radical (unpaired) electrons. The van der Waals surface area contributed by atoms with Gasteiger partial charge < -0.3 is 15.5 Å². The molecule has 25 heavy (non-hydrogen) atoms. The molecule has 11 heteroatoms. The molecular formula is C14H24N4O6S. The molecule has 142 valence electrons. The topological polar surface area (TPSA) is 128 Å². The maximum absolute atomic E-state index is 12.6. The Morgan fingerprint density at radius 3 is 2.52 bits per heavy atom. The van der Waals surface area contributed by atoms with Crippen LogP contribution in [-0.2, 0) is 19.5 Å². The first-order chi connectivity index (χ1) is 11.8. The van der Waals surface area contributed by atoms with Crippen LogP contribution in [0.3, 0.4) is 0 Å². The van der Waals surface area contributed by atoms with Crippen molar-refractivity contribution in [2.75, 3.05) is 19.6 Å². The summed E-state index contributed by atoms with van der Waals surface area (Å²) >= 11 is 0. The molecule has 0 aliphatic carbocycles. The van der Waals surface area contributed by atoms with Crippen molar-refractivity contribution in [1.29, 1.82) is 0 Å². The molecule has 2 bridgehead atoms. The second-order valence-electron chi connectivity index (χ2n) is 6.75. The van der Waals surface area contributed by atoms with Gasteiger partial charge >= 0.3 is 16.4 Å². The summed E-state index contributed by atoms with van der Waals surface area (Å²) in [5, 5.41) is 7.01. The van der Waals surface area contributed by atoms with E-state index in [0.29, 0.717) is 17.9 Å². The number of nitrogens with one attached hydrogen (secondary N) is 2. The Morgan fingerprint density at radius 2 is 1.88 bits per heavy atom. The molecule has 0 aromatic heterocycles. The summed E-state index contributed by atoms with van der Waals surface area (Å²) in [6, 6.07) is -1.73. The maximum Gasteiger partial charge on any atom is 0.418 e. The van der Waals surface area contributed by atoms with Crippen LogP contribution in [0.25, 0.3) is 0 Å². The van der Waals surface area contributed by atoms with Crippen LogP contribution in [-0.4, -0.2) is 72.6 Å². The van der Waals surface area contributed by atoms with Crippen molar-refractivity contribution in [3.05, 3.63) is 0 Å². The highest BCUT2D eigenvalue weighted by Crippen LogP contribution is 2.30. The highest BCUT2D eigenvalue weighted by atomic mass is 32.3. The van der Waals surface area contributed by atoms with Gasteiger partial charge in [0.2, 0.25) is 5.91 Å². The number of urea groups is 1. The summed E-state index contributed by atoms with van der Waals surface area (Å²) in [5.74, 6) is -0.209. The average molecular weight is 376 g/mol. The number of hydrogen-bond donors (Lipinski definition) is 3. The summed E-state index contributed by atoms with van der Waals surface area (Å²) in [6.07, 6.45) is 4.61. The molecule has 1 unspecified atom stereocenters. The van der Waals surface area contributed by atoms with Crippen molar-refractivity contribution in [3.8, 4) is 0 Å². The van der Waals surface area contributed by atoms with E-state index in [9.17, 15) is 18.0 Å². The van der Waals surface area contributed by atoms with Crippen molar-refractivity contribution in [1.82, 2.24) is 20.6 Å². The molecule has 0 aromatic rings. The number of piperidine rings is 1. The van der Waals surface area contributed by atoms with Gasteiger partial charge in [0.05, 0.1) is 6.04 Å². The Morgan fingerprint density at radius 1 is 1.20 bits per heavy atom. The summed E-state index contributed by atoms with van der Waals surface area (Å²) < 4.78 is 35.0. The number of rotatable bonds is 4. The van der Waals surface area contributed by atoms with Gasteiger partial charge in [-0.2, -0.15) is 13.5 Å². The van der Waals surface area contributed by atoms with Gasteiger partial charge in [0, 0.05) is 12.6 Å². The number of nitrogens with zero attached hydrogens (tertiary/aromatic N) is 2. The summed E-state index contributed by atoms with van der Waals surface area (Å²) in [6.45, 7) is 2.08. The number of carbonyl (C=O) groups excluding carboxylic acids is 2. The van der Waals surface area contributed by atoms with E-state index in [1.807, 2.05) is 0 Å². The third-order valence-corrected chi connectivity index (χ3v) is 5.31. The Hall–Kier alpha value is -1.43. The molecule has 3 rings (SSSR count). The van der Waals surface area contributed by atoms with Crippen LogP contribution in [0.1, 0.15) is 38.5 Å². The number of hydroxylamine groups is 2. The molecule has 2 atom stereocenters. The molecule has 3 saturated heterocycles. The van der Waals surface area contributed by atoms with Crippen LogP contribution in [0.2, 0.25) is 0 Å². The fourth-order valence-corrected chi connectivity index (χ4v) is 4.15. The number of carbonyl (C=O) groups is 2. The minimum Gasteiger partial charge on any atom is -0.352 e. The van der Waals surface area contributed by atoms with E-state index in [2.05, 4.69) is 14.9 Å². The SMILES string of the molecule is O=C(NC1CCCNCCC1)[C@@H]1CCC2CN1C(=O)N2OS(=O)(=O)O. The van der Waals surface area contributed by atoms with Crippen molar-refractivity contribution < 1.29 is 26.8 Å². The van der Waals surface area contributed by atoms with Gasteiger partial charge in [-0.05, 0) is 51.6 Å². The molecule has 0 spiro atoms. The van der Waals surface area contributed by atoms with Crippen molar-refractivity contribution in [2.45, 2.75) is 56.7 Å². The lowest BCUT2D eigenvalue weighted by Gasteiger charge is -2.31.